The summed E-state index contributed by atoms with van der Waals surface area (Å²) in [7, 11) is 0. The van der Waals surface area contributed by atoms with Crippen LogP contribution < -0.4 is 5.32 Å². The van der Waals surface area contributed by atoms with Crippen LogP contribution in [0.1, 0.15) is 17.0 Å². The minimum Gasteiger partial charge on any atom is -0.303 e. The summed E-state index contributed by atoms with van der Waals surface area (Å²) in [4.78, 5) is 21.9. The maximum absolute atomic E-state index is 12.4. The lowest BCUT2D eigenvalue weighted by molar-refractivity contribution is -0.115. The van der Waals surface area contributed by atoms with Gasteiger partial charge in [0, 0.05) is 17.6 Å². The summed E-state index contributed by atoms with van der Waals surface area (Å²) in [6, 6.07) is 12.9. The topological polar surface area (TPSA) is 59.3 Å². The van der Waals surface area contributed by atoms with Crippen molar-refractivity contribution in [3.63, 3.8) is 0 Å². The number of hydrogen-bond acceptors (Lipinski definition) is 4. The first-order chi connectivity index (χ1) is 13.9. The molecule has 1 aliphatic heterocycles. The SMILES string of the molecule is Cc1cc(/C=C2\SC(=Nc3ccc(Cl)c(Cl)c3)NC2=O)c(C)n1-c1ccccn1. The second-order valence-corrected chi connectivity index (χ2v) is 8.28. The zero-order valence-electron chi connectivity index (χ0n) is 15.6. The first-order valence-electron chi connectivity index (χ1n) is 8.77. The summed E-state index contributed by atoms with van der Waals surface area (Å²) in [5, 5.41) is 4.17. The molecule has 8 heteroatoms. The van der Waals surface area contributed by atoms with Crippen molar-refractivity contribution in [2.24, 2.45) is 4.99 Å². The lowest BCUT2D eigenvalue weighted by Gasteiger charge is -2.07. The molecule has 0 spiro atoms. The molecule has 1 aliphatic rings. The quantitative estimate of drug-likeness (QED) is 0.530. The number of carbonyl (C=O) groups excluding carboxylic acids is 1. The number of aryl methyl sites for hydroxylation is 1. The third-order valence-electron chi connectivity index (χ3n) is 4.42. The van der Waals surface area contributed by atoms with E-state index in [0.717, 1.165) is 22.8 Å². The van der Waals surface area contributed by atoms with Crippen molar-refractivity contribution in [3.05, 3.63) is 80.6 Å². The van der Waals surface area contributed by atoms with E-state index in [1.165, 1.54) is 11.8 Å². The zero-order chi connectivity index (χ0) is 20.5. The molecule has 0 radical (unpaired) electrons. The fourth-order valence-electron chi connectivity index (χ4n) is 3.07. The number of aromatic nitrogens is 2. The van der Waals surface area contributed by atoms with E-state index in [4.69, 9.17) is 23.2 Å². The minimum absolute atomic E-state index is 0.184. The largest absolute Gasteiger partial charge is 0.303 e. The van der Waals surface area contributed by atoms with Gasteiger partial charge < -0.3 is 9.88 Å². The lowest BCUT2D eigenvalue weighted by atomic mass is 10.2. The third kappa shape index (κ3) is 4.10. The Bertz CT molecular complexity index is 1170. The highest BCUT2D eigenvalue weighted by Gasteiger charge is 2.24. The number of thioether (sulfide) groups is 1. The van der Waals surface area contributed by atoms with Gasteiger partial charge in [0.1, 0.15) is 5.82 Å². The number of nitrogens with one attached hydrogen (secondary N) is 1. The van der Waals surface area contributed by atoms with Crippen LogP contribution in [0.3, 0.4) is 0 Å². The van der Waals surface area contributed by atoms with Crippen LogP contribution in [0.25, 0.3) is 11.9 Å². The number of pyridine rings is 1. The predicted octanol–water partition coefficient (Wildman–Crippen LogP) is 5.69. The van der Waals surface area contributed by atoms with E-state index in [1.54, 1.807) is 24.4 Å². The number of halogens is 2. The Morgan fingerprint density at radius 2 is 1.97 bits per heavy atom. The van der Waals surface area contributed by atoms with Crippen LogP contribution in [-0.2, 0) is 4.79 Å². The number of rotatable bonds is 3. The van der Waals surface area contributed by atoms with Gasteiger partial charge in [-0.1, -0.05) is 29.3 Å². The highest BCUT2D eigenvalue weighted by atomic mass is 35.5. The van der Waals surface area contributed by atoms with Crippen molar-refractivity contribution in [1.29, 1.82) is 0 Å². The molecular formula is C21H16Cl2N4OS. The van der Waals surface area contributed by atoms with Gasteiger partial charge in [-0.2, -0.15) is 0 Å². The summed E-state index contributed by atoms with van der Waals surface area (Å²) in [5.74, 6) is 0.661. The Morgan fingerprint density at radius 1 is 1.14 bits per heavy atom. The summed E-state index contributed by atoms with van der Waals surface area (Å²) < 4.78 is 2.06. The molecule has 4 rings (SSSR count). The van der Waals surface area contributed by atoms with Gasteiger partial charge in [-0.05, 0) is 73.6 Å². The Morgan fingerprint density at radius 3 is 2.69 bits per heavy atom. The van der Waals surface area contributed by atoms with Crippen LogP contribution in [0, 0.1) is 13.8 Å². The summed E-state index contributed by atoms with van der Waals surface area (Å²) in [5.41, 5.74) is 3.64. The Hall–Kier alpha value is -2.54. The maximum Gasteiger partial charge on any atom is 0.264 e. The minimum atomic E-state index is -0.184. The van der Waals surface area contributed by atoms with Gasteiger partial charge in [0.05, 0.1) is 20.6 Å². The first-order valence-corrected chi connectivity index (χ1v) is 10.3. The molecule has 0 saturated carbocycles. The monoisotopic (exact) mass is 442 g/mol. The molecule has 29 heavy (non-hydrogen) atoms. The van der Waals surface area contributed by atoms with Crippen molar-refractivity contribution in [1.82, 2.24) is 14.9 Å². The molecule has 0 atom stereocenters. The Kier molecular flexibility index (Phi) is 5.50. The van der Waals surface area contributed by atoms with Gasteiger partial charge in [0.25, 0.3) is 5.91 Å². The molecule has 1 amide bonds. The van der Waals surface area contributed by atoms with E-state index in [1.807, 2.05) is 44.2 Å². The number of nitrogens with zero attached hydrogens (tertiary/aromatic N) is 3. The van der Waals surface area contributed by atoms with Crippen molar-refractivity contribution in [3.8, 4) is 5.82 Å². The van der Waals surface area contributed by atoms with E-state index in [0.29, 0.717) is 25.8 Å². The van der Waals surface area contributed by atoms with Gasteiger partial charge >= 0.3 is 0 Å². The molecule has 1 fully saturated rings. The standard InChI is InChI=1S/C21H16Cl2N4OS/c1-12-9-14(13(2)27(12)19-5-3-4-8-24-19)10-18-20(28)26-21(29-18)25-15-6-7-16(22)17(23)11-15/h3-11H,1-2H3,(H,25,26,28)/b18-10-. The molecule has 0 unspecified atom stereocenters. The van der Waals surface area contributed by atoms with Crippen LogP contribution in [-0.4, -0.2) is 20.6 Å². The number of benzene rings is 1. The average Bonchev–Trinajstić information content (AvgIpc) is 3.17. The van der Waals surface area contributed by atoms with E-state index < -0.39 is 0 Å². The fraction of sp³-hybridized carbons (Fsp3) is 0.0952. The molecule has 146 valence electrons. The van der Waals surface area contributed by atoms with Crippen molar-refractivity contribution >= 4 is 57.8 Å². The molecule has 1 N–H and O–H groups in total. The Balaban J connectivity index is 1.63. The highest BCUT2D eigenvalue weighted by molar-refractivity contribution is 8.18. The van der Waals surface area contributed by atoms with Gasteiger partial charge in [-0.3, -0.25) is 4.79 Å². The average molecular weight is 443 g/mol. The third-order valence-corrected chi connectivity index (χ3v) is 6.07. The molecule has 3 heterocycles. The maximum atomic E-state index is 12.4. The lowest BCUT2D eigenvalue weighted by Crippen LogP contribution is -2.19. The van der Waals surface area contributed by atoms with Crippen molar-refractivity contribution < 1.29 is 4.79 Å². The van der Waals surface area contributed by atoms with Crippen LogP contribution in [0.15, 0.2) is 58.6 Å². The zero-order valence-corrected chi connectivity index (χ0v) is 17.9. The Labute approximate surface area is 182 Å². The molecular weight excluding hydrogens is 427 g/mol. The smallest absolute Gasteiger partial charge is 0.264 e. The van der Waals surface area contributed by atoms with Gasteiger partial charge in [0.2, 0.25) is 0 Å². The number of hydrogen-bond donors (Lipinski definition) is 1. The van der Waals surface area contributed by atoms with Crippen LogP contribution >= 0.6 is 35.0 Å². The van der Waals surface area contributed by atoms with E-state index >= 15 is 0 Å². The summed E-state index contributed by atoms with van der Waals surface area (Å²) >= 11 is 13.3. The van der Waals surface area contributed by atoms with E-state index in [2.05, 4.69) is 19.9 Å². The number of amides is 1. The van der Waals surface area contributed by atoms with Crippen LogP contribution in [0.4, 0.5) is 5.69 Å². The van der Waals surface area contributed by atoms with Crippen molar-refractivity contribution in [2.45, 2.75) is 13.8 Å². The fourth-order valence-corrected chi connectivity index (χ4v) is 4.19. The second kappa shape index (κ2) is 8.06. The summed E-state index contributed by atoms with van der Waals surface area (Å²) in [6.45, 7) is 4.03. The molecule has 2 aromatic heterocycles. The number of carbonyl (C=O) groups is 1. The molecule has 3 aromatic rings. The molecule has 0 aliphatic carbocycles. The van der Waals surface area contributed by atoms with E-state index in [-0.39, 0.29) is 5.91 Å². The number of amidine groups is 1. The molecule has 1 saturated heterocycles. The normalized spacial score (nSPS) is 16.6. The molecule has 0 bridgehead atoms. The van der Waals surface area contributed by atoms with Crippen LogP contribution in [0.2, 0.25) is 10.0 Å². The van der Waals surface area contributed by atoms with Gasteiger partial charge in [-0.15, -0.1) is 0 Å². The molecule has 1 aromatic carbocycles. The van der Waals surface area contributed by atoms with Crippen LogP contribution in [0.5, 0.6) is 0 Å². The second-order valence-electron chi connectivity index (χ2n) is 6.43. The van der Waals surface area contributed by atoms with Gasteiger partial charge in [0.15, 0.2) is 5.17 Å². The molecule has 5 nitrogen and oxygen atoms in total. The predicted molar refractivity (Wildman–Crippen MR) is 120 cm³/mol. The van der Waals surface area contributed by atoms with Crippen molar-refractivity contribution in [2.75, 3.05) is 0 Å². The summed E-state index contributed by atoms with van der Waals surface area (Å²) in [6.07, 6.45) is 3.64. The highest BCUT2D eigenvalue weighted by Crippen LogP contribution is 2.32. The number of aliphatic imine (C=N–C) groups is 1. The van der Waals surface area contributed by atoms with Gasteiger partial charge in [-0.25, -0.2) is 9.98 Å². The van der Waals surface area contributed by atoms with E-state index in [9.17, 15) is 4.79 Å². The first kappa shape index (κ1) is 19.8.